The SMILES string of the molecule is COC(=O)[C@@H](C(=O)N(CC(=O)O)Cc1ccccc1)[C@@H]([NH3+])C(=O)OC.O=C([O-])C(F)(F)F. The summed E-state index contributed by atoms with van der Waals surface area (Å²) in [6.45, 7) is -0.692. The molecule has 178 valence electrons. The van der Waals surface area contributed by atoms with Crippen molar-refractivity contribution >= 4 is 29.8 Å². The molecule has 0 saturated carbocycles. The van der Waals surface area contributed by atoms with E-state index < -0.39 is 54.5 Å². The molecule has 32 heavy (non-hydrogen) atoms. The molecule has 1 rings (SSSR count). The molecule has 4 N–H and O–H groups in total. The van der Waals surface area contributed by atoms with Crippen LogP contribution in [0.15, 0.2) is 30.3 Å². The average Bonchev–Trinajstić information content (AvgIpc) is 2.72. The van der Waals surface area contributed by atoms with Gasteiger partial charge in [0.05, 0.1) is 14.2 Å². The first-order valence-corrected chi connectivity index (χ1v) is 8.57. The number of amides is 1. The Morgan fingerprint density at radius 2 is 1.53 bits per heavy atom. The number of carboxylic acids is 2. The second-order valence-electron chi connectivity index (χ2n) is 5.99. The van der Waals surface area contributed by atoms with Gasteiger partial charge in [0.2, 0.25) is 11.9 Å². The smallest absolute Gasteiger partial charge is 0.430 e. The number of carbonyl (C=O) groups excluding carboxylic acids is 4. The molecule has 0 heterocycles. The molecule has 0 unspecified atom stereocenters. The number of alkyl halides is 3. The van der Waals surface area contributed by atoms with Crippen LogP contribution >= 0.6 is 0 Å². The van der Waals surface area contributed by atoms with Gasteiger partial charge < -0.3 is 35.1 Å². The second-order valence-corrected chi connectivity index (χ2v) is 5.99. The molecule has 1 aromatic rings. The van der Waals surface area contributed by atoms with Crippen molar-refractivity contribution < 1.29 is 62.6 Å². The lowest BCUT2D eigenvalue weighted by Gasteiger charge is -2.25. The molecule has 0 aliphatic heterocycles. The van der Waals surface area contributed by atoms with Crippen LogP contribution in [0.5, 0.6) is 0 Å². The fourth-order valence-corrected chi connectivity index (χ4v) is 2.23. The Hall–Kier alpha value is -3.68. The summed E-state index contributed by atoms with van der Waals surface area (Å²) in [6, 6.07) is 7.28. The maximum Gasteiger partial charge on any atom is 0.430 e. The standard InChI is InChI=1S/C16H20N2O7.C2HF3O2/c1-24-15(22)12(13(17)16(23)25-2)14(21)18(9-11(19)20)8-10-6-4-3-5-7-10;3-2(4,5)1(6)7/h3-7,12-13H,8-9,17H2,1-2H3,(H,19,20);(H,6,7)/t12-,13-;/m1./s1. The van der Waals surface area contributed by atoms with Gasteiger partial charge in [0, 0.05) is 6.54 Å². The van der Waals surface area contributed by atoms with Gasteiger partial charge in [-0.1, -0.05) is 30.3 Å². The Labute approximate surface area is 179 Å². The van der Waals surface area contributed by atoms with Gasteiger partial charge in [-0.2, -0.15) is 13.2 Å². The maximum atomic E-state index is 12.8. The Morgan fingerprint density at radius 3 is 1.91 bits per heavy atom. The first-order chi connectivity index (χ1) is 14.8. The zero-order chi connectivity index (χ0) is 25.1. The molecule has 2 atom stereocenters. The van der Waals surface area contributed by atoms with E-state index in [0.717, 1.165) is 19.1 Å². The van der Waals surface area contributed by atoms with Crippen LogP contribution in [-0.4, -0.2) is 72.8 Å². The molecule has 0 aliphatic rings. The van der Waals surface area contributed by atoms with E-state index in [0.29, 0.717) is 5.56 Å². The molecule has 14 heteroatoms. The highest BCUT2D eigenvalue weighted by molar-refractivity contribution is 6.02. The Kier molecular flexibility index (Phi) is 11.4. The van der Waals surface area contributed by atoms with Crippen molar-refractivity contribution in [2.24, 2.45) is 5.92 Å². The predicted octanol–water partition coefficient (Wildman–Crippen LogP) is -2.03. The van der Waals surface area contributed by atoms with Crippen molar-refractivity contribution in [2.75, 3.05) is 20.8 Å². The lowest BCUT2D eigenvalue weighted by atomic mass is 9.98. The highest BCUT2D eigenvalue weighted by Gasteiger charge is 2.44. The van der Waals surface area contributed by atoms with Crippen LogP contribution in [0.1, 0.15) is 5.56 Å². The maximum absolute atomic E-state index is 12.8. The second kappa shape index (κ2) is 12.9. The van der Waals surface area contributed by atoms with Crippen LogP contribution in [0, 0.1) is 5.92 Å². The zero-order valence-corrected chi connectivity index (χ0v) is 17.0. The van der Waals surface area contributed by atoms with Crippen molar-refractivity contribution in [3.8, 4) is 0 Å². The van der Waals surface area contributed by atoms with Gasteiger partial charge in [0.15, 0.2) is 5.92 Å². The van der Waals surface area contributed by atoms with E-state index >= 15 is 0 Å². The summed E-state index contributed by atoms with van der Waals surface area (Å²) in [5.41, 5.74) is 4.16. The minimum Gasteiger partial charge on any atom is -0.542 e. The normalized spacial score (nSPS) is 12.3. The summed E-state index contributed by atoms with van der Waals surface area (Å²) >= 11 is 0. The van der Waals surface area contributed by atoms with Crippen LogP contribution in [-0.2, 0) is 40.0 Å². The Balaban J connectivity index is 0.00000118. The Morgan fingerprint density at radius 1 is 1.06 bits per heavy atom. The lowest BCUT2D eigenvalue weighted by Crippen LogP contribution is -2.72. The molecule has 0 fully saturated rings. The zero-order valence-electron chi connectivity index (χ0n) is 17.0. The number of carboxylic acid groups (broad SMARTS) is 2. The third-order valence-electron chi connectivity index (χ3n) is 3.71. The number of benzene rings is 1. The van der Waals surface area contributed by atoms with Crippen molar-refractivity contribution in [2.45, 2.75) is 18.8 Å². The van der Waals surface area contributed by atoms with E-state index in [9.17, 15) is 32.3 Å². The molecule has 0 saturated heterocycles. The number of ether oxygens (including phenoxy) is 2. The molecular weight excluding hydrogens is 445 g/mol. The largest absolute Gasteiger partial charge is 0.542 e. The fourth-order valence-electron chi connectivity index (χ4n) is 2.23. The first-order valence-electron chi connectivity index (χ1n) is 8.57. The van der Waals surface area contributed by atoms with Crippen LogP contribution in [0.25, 0.3) is 0 Å². The van der Waals surface area contributed by atoms with Gasteiger partial charge in [-0.3, -0.25) is 14.4 Å². The van der Waals surface area contributed by atoms with Crippen molar-refractivity contribution in [3.63, 3.8) is 0 Å². The molecule has 11 nitrogen and oxygen atoms in total. The van der Waals surface area contributed by atoms with Crippen LogP contribution in [0.2, 0.25) is 0 Å². The predicted molar refractivity (Wildman–Crippen MR) is 94.8 cm³/mol. The minimum absolute atomic E-state index is 0.0483. The lowest BCUT2D eigenvalue weighted by molar-refractivity contribution is -0.415. The topological polar surface area (TPSA) is 178 Å². The Bertz CT molecular complexity index is 816. The van der Waals surface area contributed by atoms with E-state index in [1.165, 1.54) is 0 Å². The van der Waals surface area contributed by atoms with Crippen molar-refractivity contribution in [1.29, 1.82) is 0 Å². The van der Waals surface area contributed by atoms with Crippen molar-refractivity contribution in [3.05, 3.63) is 35.9 Å². The highest BCUT2D eigenvalue weighted by Crippen LogP contribution is 2.14. The van der Waals surface area contributed by atoms with E-state index in [4.69, 9.17) is 15.0 Å². The van der Waals surface area contributed by atoms with Gasteiger partial charge in [-0.25, -0.2) is 4.79 Å². The number of nitrogens with zero attached hydrogens (tertiary/aromatic N) is 1. The molecule has 1 aromatic carbocycles. The first kappa shape index (κ1) is 28.3. The van der Waals surface area contributed by atoms with E-state index in [-0.39, 0.29) is 6.54 Å². The van der Waals surface area contributed by atoms with E-state index in [1.54, 1.807) is 30.3 Å². The number of hydrogen-bond donors (Lipinski definition) is 2. The number of quaternary nitrogens is 1. The van der Waals surface area contributed by atoms with Crippen LogP contribution in [0.4, 0.5) is 13.2 Å². The number of carbonyl (C=O) groups is 5. The number of hydrogen-bond acceptors (Lipinski definition) is 8. The molecule has 1 amide bonds. The number of esters is 2. The number of aliphatic carboxylic acids is 2. The average molecular weight is 466 g/mol. The van der Waals surface area contributed by atoms with Gasteiger partial charge in [-0.15, -0.1) is 0 Å². The summed E-state index contributed by atoms with van der Waals surface area (Å²) in [4.78, 5) is 57.3. The molecular formula is C18H21F3N2O9. The van der Waals surface area contributed by atoms with E-state index in [1.807, 2.05) is 0 Å². The summed E-state index contributed by atoms with van der Waals surface area (Å²) in [5, 5.41) is 17.8. The summed E-state index contributed by atoms with van der Waals surface area (Å²) in [7, 11) is 2.16. The van der Waals surface area contributed by atoms with Crippen LogP contribution in [0.3, 0.4) is 0 Å². The van der Waals surface area contributed by atoms with Gasteiger partial charge in [0.25, 0.3) is 0 Å². The third-order valence-corrected chi connectivity index (χ3v) is 3.71. The van der Waals surface area contributed by atoms with Crippen LogP contribution < -0.4 is 10.8 Å². The van der Waals surface area contributed by atoms with Gasteiger partial charge in [-0.05, 0) is 5.56 Å². The van der Waals surface area contributed by atoms with E-state index in [2.05, 4.69) is 15.2 Å². The molecule has 0 bridgehead atoms. The number of rotatable bonds is 8. The van der Waals surface area contributed by atoms with Gasteiger partial charge >= 0.3 is 24.1 Å². The highest BCUT2D eigenvalue weighted by atomic mass is 19.4. The fraction of sp³-hybridized carbons (Fsp3) is 0.389. The minimum atomic E-state index is -5.19. The summed E-state index contributed by atoms with van der Waals surface area (Å²) in [6.07, 6.45) is -5.19. The summed E-state index contributed by atoms with van der Waals surface area (Å²) < 4.78 is 40.6. The number of halogens is 3. The van der Waals surface area contributed by atoms with Gasteiger partial charge in [0.1, 0.15) is 12.5 Å². The quantitative estimate of drug-likeness (QED) is 0.323. The van der Waals surface area contributed by atoms with Crippen molar-refractivity contribution in [1.82, 2.24) is 4.90 Å². The monoisotopic (exact) mass is 466 g/mol. The summed E-state index contributed by atoms with van der Waals surface area (Å²) in [5.74, 6) is -8.60. The number of methoxy groups -OCH3 is 2. The molecule has 0 aliphatic carbocycles. The molecule has 0 aromatic heterocycles. The molecule has 0 spiro atoms. The third kappa shape index (κ3) is 9.42. The molecule has 0 radical (unpaired) electrons.